The summed E-state index contributed by atoms with van der Waals surface area (Å²) in [7, 11) is 0. The normalized spacial score (nSPS) is 22.9. The molecular formula is C9H14O3. The van der Waals surface area contributed by atoms with Crippen LogP contribution in [0.5, 0.6) is 0 Å². The van der Waals surface area contributed by atoms with E-state index in [4.69, 9.17) is 0 Å². The summed E-state index contributed by atoms with van der Waals surface area (Å²) in [6.45, 7) is 2.11. The third kappa shape index (κ3) is 2.32. The van der Waals surface area contributed by atoms with Gasteiger partial charge < -0.3 is 4.74 Å². The van der Waals surface area contributed by atoms with E-state index < -0.39 is 0 Å². The van der Waals surface area contributed by atoms with Crippen molar-refractivity contribution in [3.05, 3.63) is 0 Å². The predicted molar refractivity (Wildman–Crippen MR) is 43.3 cm³/mol. The Hall–Kier alpha value is -0.860. The molecule has 3 heteroatoms. The van der Waals surface area contributed by atoms with Crippen molar-refractivity contribution in [2.45, 2.75) is 39.0 Å². The van der Waals surface area contributed by atoms with E-state index in [-0.39, 0.29) is 17.9 Å². The first kappa shape index (κ1) is 9.23. The van der Waals surface area contributed by atoms with Crippen LogP contribution in [0.3, 0.4) is 0 Å². The van der Waals surface area contributed by atoms with Crippen molar-refractivity contribution >= 4 is 11.9 Å². The Labute approximate surface area is 72.1 Å². The minimum atomic E-state index is -0.360. The molecule has 0 saturated carbocycles. The van der Waals surface area contributed by atoms with Crippen molar-refractivity contribution in [2.75, 3.05) is 0 Å². The zero-order valence-corrected chi connectivity index (χ0v) is 7.34. The highest BCUT2D eigenvalue weighted by Crippen LogP contribution is 2.21. The van der Waals surface area contributed by atoms with E-state index in [2.05, 4.69) is 11.7 Å². The Bertz CT molecular complexity index is 186. The molecule has 0 radical (unpaired) electrons. The summed E-state index contributed by atoms with van der Waals surface area (Å²) in [5.74, 6) is -0.832. The maximum absolute atomic E-state index is 10.9. The van der Waals surface area contributed by atoms with Crippen molar-refractivity contribution in [2.24, 2.45) is 5.92 Å². The lowest BCUT2D eigenvalue weighted by molar-refractivity contribution is -0.153. The van der Waals surface area contributed by atoms with Gasteiger partial charge in [0, 0.05) is 0 Å². The van der Waals surface area contributed by atoms with Crippen LogP contribution in [-0.4, -0.2) is 11.9 Å². The van der Waals surface area contributed by atoms with Gasteiger partial charge in [-0.1, -0.05) is 26.2 Å². The molecule has 0 amide bonds. The second-order valence-corrected chi connectivity index (χ2v) is 3.19. The fraction of sp³-hybridized carbons (Fsp3) is 0.778. The molecule has 1 heterocycles. The molecule has 0 aromatic carbocycles. The molecule has 1 saturated heterocycles. The van der Waals surface area contributed by atoms with Gasteiger partial charge >= 0.3 is 11.9 Å². The summed E-state index contributed by atoms with van der Waals surface area (Å²) < 4.78 is 4.43. The standard InChI is InChI=1S/C9H14O3/c1-2-3-4-5-7-6-8(10)12-9(7)11/h7H,2-6H2,1H3/t7-/m0/s1. The number of ether oxygens (including phenoxy) is 1. The fourth-order valence-corrected chi connectivity index (χ4v) is 1.38. The Morgan fingerprint density at radius 3 is 2.67 bits per heavy atom. The van der Waals surface area contributed by atoms with E-state index in [0.29, 0.717) is 6.42 Å². The Kier molecular flexibility index (Phi) is 3.26. The molecule has 0 bridgehead atoms. The number of carbonyl (C=O) groups is 2. The molecule has 0 spiro atoms. The van der Waals surface area contributed by atoms with E-state index in [1.54, 1.807) is 0 Å². The van der Waals surface area contributed by atoms with Crippen molar-refractivity contribution in [1.29, 1.82) is 0 Å². The molecule has 1 fully saturated rings. The number of hydrogen-bond donors (Lipinski definition) is 0. The van der Waals surface area contributed by atoms with Gasteiger partial charge in [0.05, 0.1) is 12.3 Å². The minimum Gasteiger partial charge on any atom is -0.393 e. The van der Waals surface area contributed by atoms with Gasteiger partial charge in [0.2, 0.25) is 0 Å². The SMILES string of the molecule is CCCCC[C@H]1CC(=O)OC1=O. The fourth-order valence-electron chi connectivity index (χ4n) is 1.38. The molecule has 0 N–H and O–H groups in total. The van der Waals surface area contributed by atoms with E-state index in [1.807, 2.05) is 0 Å². The molecule has 1 aliphatic heterocycles. The molecule has 3 nitrogen and oxygen atoms in total. The van der Waals surface area contributed by atoms with E-state index in [1.165, 1.54) is 0 Å². The van der Waals surface area contributed by atoms with Crippen LogP contribution < -0.4 is 0 Å². The second kappa shape index (κ2) is 4.24. The van der Waals surface area contributed by atoms with Crippen LogP contribution >= 0.6 is 0 Å². The van der Waals surface area contributed by atoms with E-state index in [9.17, 15) is 9.59 Å². The van der Waals surface area contributed by atoms with Gasteiger partial charge in [-0.15, -0.1) is 0 Å². The van der Waals surface area contributed by atoms with Crippen LogP contribution in [0.15, 0.2) is 0 Å². The first-order valence-corrected chi connectivity index (χ1v) is 4.48. The number of rotatable bonds is 4. The third-order valence-electron chi connectivity index (χ3n) is 2.12. The molecule has 0 unspecified atom stereocenters. The molecule has 1 aliphatic rings. The molecule has 0 aliphatic carbocycles. The second-order valence-electron chi connectivity index (χ2n) is 3.19. The zero-order valence-electron chi connectivity index (χ0n) is 7.34. The molecule has 1 atom stereocenters. The van der Waals surface area contributed by atoms with Crippen LogP contribution in [0.1, 0.15) is 39.0 Å². The summed E-state index contributed by atoms with van der Waals surface area (Å²) in [5, 5.41) is 0. The predicted octanol–water partition coefficient (Wildman–Crippen LogP) is 1.66. The maximum atomic E-state index is 10.9. The number of unbranched alkanes of at least 4 members (excludes halogenated alkanes) is 2. The summed E-state index contributed by atoms with van der Waals surface area (Å²) in [6.07, 6.45) is 4.37. The quantitative estimate of drug-likeness (QED) is 0.366. The van der Waals surface area contributed by atoms with Crippen molar-refractivity contribution in [3.63, 3.8) is 0 Å². The number of carbonyl (C=O) groups excluding carboxylic acids is 2. The zero-order chi connectivity index (χ0) is 8.97. The van der Waals surface area contributed by atoms with Crippen molar-refractivity contribution in [1.82, 2.24) is 0 Å². The van der Waals surface area contributed by atoms with Gasteiger partial charge in [0.1, 0.15) is 0 Å². The molecular weight excluding hydrogens is 156 g/mol. The van der Waals surface area contributed by atoms with Gasteiger partial charge in [-0.05, 0) is 6.42 Å². The topological polar surface area (TPSA) is 43.4 Å². The summed E-state index contributed by atoms with van der Waals surface area (Å²) in [6, 6.07) is 0. The van der Waals surface area contributed by atoms with E-state index in [0.717, 1.165) is 25.7 Å². The van der Waals surface area contributed by atoms with Crippen LogP contribution in [0.25, 0.3) is 0 Å². The highest BCUT2D eigenvalue weighted by atomic mass is 16.6. The van der Waals surface area contributed by atoms with Crippen LogP contribution in [0, 0.1) is 5.92 Å². The summed E-state index contributed by atoms with van der Waals surface area (Å²) >= 11 is 0. The Morgan fingerprint density at radius 1 is 1.42 bits per heavy atom. The highest BCUT2D eigenvalue weighted by Gasteiger charge is 2.32. The van der Waals surface area contributed by atoms with Gasteiger partial charge in [-0.3, -0.25) is 9.59 Å². The highest BCUT2D eigenvalue weighted by molar-refractivity contribution is 5.94. The Balaban J connectivity index is 2.24. The summed E-state index contributed by atoms with van der Waals surface area (Å²) in [4.78, 5) is 21.6. The largest absolute Gasteiger partial charge is 0.393 e. The van der Waals surface area contributed by atoms with Crippen molar-refractivity contribution < 1.29 is 14.3 Å². The molecule has 0 aromatic rings. The van der Waals surface area contributed by atoms with Crippen LogP contribution in [0.4, 0.5) is 0 Å². The number of esters is 2. The van der Waals surface area contributed by atoms with E-state index >= 15 is 0 Å². The maximum Gasteiger partial charge on any atom is 0.317 e. The molecule has 68 valence electrons. The van der Waals surface area contributed by atoms with Crippen molar-refractivity contribution in [3.8, 4) is 0 Å². The first-order chi connectivity index (χ1) is 5.74. The number of cyclic esters (lactones) is 2. The average molecular weight is 170 g/mol. The average Bonchev–Trinajstić information content (AvgIpc) is 2.31. The first-order valence-electron chi connectivity index (χ1n) is 4.48. The van der Waals surface area contributed by atoms with Gasteiger partial charge in [-0.2, -0.15) is 0 Å². The van der Waals surface area contributed by atoms with Crippen LogP contribution in [0.2, 0.25) is 0 Å². The monoisotopic (exact) mass is 170 g/mol. The summed E-state index contributed by atoms with van der Waals surface area (Å²) in [5.41, 5.74) is 0. The minimum absolute atomic E-state index is 0.149. The lowest BCUT2D eigenvalue weighted by Crippen LogP contribution is -2.06. The molecule has 0 aromatic heterocycles. The molecule has 12 heavy (non-hydrogen) atoms. The molecule has 1 rings (SSSR count). The smallest absolute Gasteiger partial charge is 0.317 e. The van der Waals surface area contributed by atoms with Crippen LogP contribution in [-0.2, 0) is 14.3 Å². The lowest BCUT2D eigenvalue weighted by atomic mass is 10.0. The third-order valence-corrected chi connectivity index (χ3v) is 2.12. The van der Waals surface area contributed by atoms with Gasteiger partial charge in [0.25, 0.3) is 0 Å². The lowest BCUT2D eigenvalue weighted by Gasteiger charge is -2.01. The number of hydrogen-bond acceptors (Lipinski definition) is 3. The van der Waals surface area contributed by atoms with Gasteiger partial charge in [-0.25, -0.2) is 0 Å². The Morgan fingerprint density at radius 2 is 2.17 bits per heavy atom. The van der Waals surface area contributed by atoms with Gasteiger partial charge in [0.15, 0.2) is 0 Å².